The van der Waals surface area contributed by atoms with E-state index in [1.54, 1.807) is 30.3 Å². The molecule has 3 aromatic carbocycles. The van der Waals surface area contributed by atoms with Gasteiger partial charge in [-0.3, -0.25) is 29.5 Å². The monoisotopic (exact) mass is 797 g/mol. The van der Waals surface area contributed by atoms with Gasteiger partial charge in [0.2, 0.25) is 11.8 Å². The van der Waals surface area contributed by atoms with Gasteiger partial charge in [0.25, 0.3) is 11.8 Å². The number of nitrogens with zero attached hydrogens (tertiary/aromatic N) is 2. The van der Waals surface area contributed by atoms with Crippen LogP contribution in [0.4, 0.5) is 18.9 Å². The van der Waals surface area contributed by atoms with Crippen LogP contribution in [-0.4, -0.2) is 58.2 Å². The fraction of sp³-hybridized carbons (Fsp3) is 0.400. The van der Waals surface area contributed by atoms with Crippen molar-refractivity contribution in [1.29, 1.82) is 0 Å². The van der Waals surface area contributed by atoms with Gasteiger partial charge in [-0.25, -0.2) is 0 Å². The number of alkyl halides is 3. The van der Waals surface area contributed by atoms with Crippen molar-refractivity contribution in [3.05, 3.63) is 93.5 Å². The van der Waals surface area contributed by atoms with E-state index in [0.717, 1.165) is 42.5 Å². The molecule has 3 aliphatic carbocycles. The number of fused-ring (bicyclic) bond motifs is 4. The molecule has 0 bridgehead atoms. The first kappa shape index (κ1) is 37.2. The van der Waals surface area contributed by atoms with Crippen molar-refractivity contribution in [2.75, 3.05) is 12.5 Å². The summed E-state index contributed by atoms with van der Waals surface area (Å²) >= 11 is 12.6. The number of hydrogen-bond donors (Lipinski definition) is 2. The minimum Gasteiger partial charge on any atom is -0.508 e. The van der Waals surface area contributed by atoms with Crippen LogP contribution in [0, 0.1) is 23.7 Å². The van der Waals surface area contributed by atoms with E-state index < -0.39 is 64.7 Å². The predicted molar refractivity (Wildman–Crippen MR) is 194 cm³/mol. The molecule has 288 valence electrons. The Balaban J connectivity index is 1.34. The second-order valence-corrected chi connectivity index (χ2v) is 15.7. The van der Waals surface area contributed by atoms with Crippen LogP contribution in [0.5, 0.6) is 17.2 Å². The molecule has 2 heterocycles. The summed E-state index contributed by atoms with van der Waals surface area (Å²) in [5.41, 5.74) is 1.80. The number of benzene rings is 3. The molecule has 15 heteroatoms. The molecular formula is C40H36Cl2F3N3O7. The summed E-state index contributed by atoms with van der Waals surface area (Å²) in [6.45, 7) is 0. The molecule has 2 N–H and O–H groups in total. The Bertz CT molecular complexity index is 2120. The molecule has 5 aliphatic rings. The lowest BCUT2D eigenvalue weighted by atomic mass is 9.49. The molecule has 10 nitrogen and oxygen atoms in total. The molecule has 2 aliphatic heterocycles. The largest absolute Gasteiger partial charge is 0.573 e. The van der Waals surface area contributed by atoms with E-state index in [-0.39, 0.29) is 47.0 Å². The van der Waals surface area contributed by atoms with Gasteiger partial charge >= 0.3 is 6.36 Å². The maximum Gasteiger partial charge on any atom is 0.573 e. The number of hydrazine groups is 1. The third kappa shape index (κ3) is 6.01. The van der Waals surface area contributed by atoms with Crippen molar-refractivity contribution in [3.8, 4) is 17.2 Å². The summed E-state index contributed by atoms with van der Waals surface area (Å²) in [7, 11) is 1.46. The van der Waals surface area contributed by atoms with E-state index in [0.29, 0.717) is 34.8 Å². The van der Waals surface area contributed by atoms with E-state index in [4.69, 9.17) is 27.9 Å². The first-order valence-electron chi connectivity index (χ1n) is 18.1. The molecule has 55 heavy (non-hydrogen) atoms. The second kappa shape index (κ2) is 13.8. The van der Waals surface area contributed by atoms with Crippen molar-refractivity contribution < 1.29 is 46.9 Å². The van der Waals surface area contributed by atoms with Crippen LogP contribution in [0.25, 0.3) is 0 Å². The zero-order valence-electron chi connectivity index (χ0n) is 29.4. The standard InChI is InChI=1S/C40H36Cl2F3N3O7/c1-54-23-10-7-20(8-11-23)39-29(36(51)48(38(39)53)46-31-15-9-21(41)17-30(31)42)19-27-25(34(39)28-18-24(12-16-32(28)49)55-40(43,44)45)13-14-26-33(27)37(52)47(35(26)50)22-5-3-2-4-6-22/h7-13,15-18,22,26-27,29,33-34,46,49H,2-6,14,19H2,1H3. The maximum absolute atomic E-state index is 15.4. The zero-order valence-corrected chi connectivity index (χ0v) is 31.0. The summed E-state index contributed by atoms with van der Waals surface area (Å²) in [6, 6.07) is 13.6. The molecule has 0 radical (unpaired) electrons. The molecule has 2 saturated carbocycles. The molecular weight excluding hydrogens is 762 g/mol. The number of carbonyl (C=O) groups is 4. The van der Waals surface area contributed by atoms with Crippen LogP contribution in [-0.2, 0) is 24.6 Å². The van der Waals surface area contributed by atoms with Gasteiger partial charge < -0.3 is 14.6 Å². The Morgan fingerprint density at radius 3 is 2.25 bits per heavy atom. The Morgan fingerprint density at radius 1 is 0.873 bits per heavy atom. The van der Waals surface area contributed by atoms with E-state index in [9.17, 15) is 32.7 Å². The van der Waals surface area contributed by atoms with Crippen LogP contribution < -0.4 is 14.9 Å². The number of phenols is 1. The number of phenolic OH excluding ortho intramolecular Hbond substituents is 1. The zero-order chi connectivity index (χ0) is 39.0. The lowest BCUT2D eigenvalue weighted by Crippen LogP contribution is -2.53. The van der Waals surface area contributed by atoms with Gasteiger partial charge in [-0.1, -0.05) is 66.2 Å². The normalized spacial score (nSPS) is 28.1. The lowest BCUT2D eigenvalue weighted by molar-refractivity contribution is -0.274. The van der Waals surface area contributed by atoms with Crippen molar-refractivity contribution in [2.24, 2.45) is 23.7 Å². The van der Waals surface area contributed by atoms with E-state index >= 15 is 4.79 Å². The number of nitrogens with one attached hydrogen (secondary N) is 1. The van der Waals surface area contributed by atoms with E-state index in [1.165, 1.54) is 30.2 Å². The highest BCUT2D eigenvalue weighted by Crippen LogP contribution is 2.65. The number of ether oxygens (including phenoxy) is 2. The number of amides is 4. The van der Waals surface area contributed by atoms with Crippen LogP contribution >= 0.6 is 23.2 Å². The van der Waals surface area contributed by atoms with Gasteiger partial charge in [-0.2, -0.15) is 5.01 Å². The molecule has 0 aromatic heterocycles. The van der Waals surface area contributed by atoms with E-state index in [2.05, 4.69) is 10.2 Å². The Morgan fingerprint density at radius 2 is 1.58 bits per heavy atom. The number of rotatable bonds is 7. The third-order valence-electron chi connectivity index (χ3n) is 12.1. The molecule has 6 unspecified atom stereocenters. The Hall–Kier alpha value is -4.75. The number of allylic oxidation sites excluding steroid dienone is 2. The predicted octanol–water partition coefficient (Wildman–Crippen LogP) is 7.92. The van der Waals surface area contributed by atoms with Gasteiger partial charge in [0.05, 0.1) is 41.0 Å². The van der Waals surface area contributed by atoms with Gasteiger partial charge in [0, 0.05) is 22.5 Å². The minimum atomic E-state index is -5.09. The quantitative estimate of drug-likeness (QED) is 0.183. The van der Waals surface area contributed by atoms with E-state index in [1.807, 2.05) is 0 Å². The number of imide groups is 2. The smallest absolute Gasteiger partial charge is 0.508 e. The molecule has 8 rings (SSSR count). The molecule has 6 atom stereocenters. The Labute approximate surface area is 324 Å². The number of methoxy groups -OCH3 is 1. The van der Waals surface area contributed by atoms with Crippen molar-refractivity contribution in [3.63, 3.8) is 0 Å². The summed E-state index contributed by atoms with van der Waals surface area (Å²) < 4.78 is 50.6. The average molecular weight is 799 g/mol. The van der Waals surface area contributed by atoms with Crippen LogP contribution in [0.3, 0.4) is 0 Å². The summed E-state index contributed by atoms with van der Waals surface area (Å²) in [5, 5.41) is 12.8. The average Bonchev–Trinajstić information content (AvgIpc) is 3.54. The Kier molecular flexibility index (Phi) is 9.31. The van der Waals surface area contributed by atoms with Crippen molar-refractivity contribution >= 4 is 52.5 Å². The van der Waals surface area contributed by atoms with Gasteiger partial charge in [0.1, 0.15) is 17.2 Å². The van der Waals surface area contributed by atoms with Crippen LogP contribution in [0.15, 0.2) is 72.3 Å². The van der Waals surface area contributed by atoms with Crippen LogP contribution in [0.1, 0.15) is 62.0 Å². The number of aromatic hydroxyl groups is 1. The number of likely N-dealkylation sites (tertiary alicyclic amines) is 1. The maximum atomic E-state index is 15.4. The number of hydrogen-bond acceptors (Lipinski definition) is 8. The fourth-order valence-corrected chi connectivity index (χ4v) is 10.3. The van der Waals surface area contributed by atoms with Gasteiger partial charge in [-0.15, -0.1) is 13.2 Å². The molecule has 0 spiro atoms. The number of anilines is 1. The highest BCUT2D eigenvalue weighted by molar-refractivity contribution is 6.36. The third-order valence-corrected chi connectivity index (χ3v) is 12.6. The van der Waals surface area contributed by atoms with Crippen molar-refractivity contribution in [1.82, 2.24) is 9.91 Å². The molecule has 4 fully saturated rings. The first-order valence-corrected chi connectivity index (χ1v) is 18.9. The summed E-state index contributed by atoms with van der Waals surface area (Å²) in [6.07, 6.45) is 0.895. The highest BCUT2D eigenvalue weighted by atomic mass is 35.5. The minimum absolute atomic E-state index is 0.0519. The molecule has 3 aromatic rings. The SMILES string of the molecule is COc1ccc(C23C(=O)N(Nc4ccc(Cl)cc4Cl)C(=O)C2CC2C(=CCC4C(=O)N(C5CCCCC5)C(=O)C42)C3c2cc(OC(F)(F)F)ccc2O)cc1. The molecule has 2 saturated heterocycles. The number of carbonyl (C=O) groups excluding carboxylic acids is 4. The second-order valence-electron chi connectivity index (χ2n) is 14.8. The first-order chi connectivity index (χ1) is 26.2. The lowest BCUT2D eigenvalue weighted by Gasteiger charge is -2.50. The van der Waals surface area contributed by atoms with Gasteiger partial charge in [-0.05, 0) is 85.7 Å². The van der Waals surface area contributed by atoms with Crippen molar-refractivity contribution in [2.45, 2.75) is 68.7 Å². The highest BCUT2D eigenvalue weighted by Gasteiger charge is 2.71. The van der Waals surface area contributed by atoms with Crippen LogP contribution in [0.2, 0.25) is 10.0 Å². The topological polar surface area (TPSA) is 125 Å². The fourth-order valence-electron chi connectivity index (χ4n) is 9.87. The molecule has 4 amide bonds. The number of halogens is 5. The summed E-state index contributed by atoms with van der Waals surface area (Å²) in [4.78, 5) is 60.3. The van der Waals surface area contributed by atoms with Gasteiger partial charge in [0.15, 0.2) is 0 Å². The summed E-state index contributed by atoms with van der Waals surface area (Å²) in [5.74, 6) is -7.73.